The van der Waals surface area contributed by atoms with Gasteiger partial charge in [-0.1, -0.05) is 152 Å². The number of nitrogens with zero attached hydrogens (tertiary/aromatic N) is 2. The van der Waals surface area contributed by atoms with Crippen molar-refractivity contribution in [3.8, 4) is 44.9 Å². The quantitative estimate of drug-likeness (QED) is 0.163. The third-order valence-electron chi connectivity index (χ3n) is 10.6. The van der Waals surface area contributed by atoms with Gasteiger partial charge in [-0.15, -0.1) is 0 Å². The number of hydrogen-bond acceptors (Lipinski definition) is 1. The van der Waals surface area contributed by atoms with Gasteiger partial charge in [-0.05, 0) is 66.1 Å². The molecule has 0 atom stereocenters. The SMILES string of the molecule is C=Cc1c(/C=C\C)n(-c2ccc(-c3cccc4c3oc3c(-c5ccccc5)cccc34)cc2)c2c1ccc1c2cc(-c2ccccc2)n1-c1ccccc1. The first-order valence-electron chi connectivity index (χ1n) is 18.4. The first-order chi connectivity index (χ1) is 26.7. The molecule has 3 aromatic heterocycles. The minimum absolute atomic E-state index is 0.899. The smallest absolute Gasteiger partial charge is 0.143 e. The lowest BCUT2D eigenvalue weighted by molar-refractivity contribution is 0.671. The number of fused-ring (bicyclic) bond motifs is 6. The lowest BCUT2D eigenvalue weighted by Crippen LogP contribution is -1.98. The summed E-state index contributed by atoms with van der Waals surface area (Å²) >= 11 is 0. The zero-order valence-electron chi connectivity index (χ0n) is 29.9. The minimum Gasteiger partial charge on any atom is -0.455 e. The van der Waals surface area contributed by atoms with Gasteiger partial charge < -0.3 is 13.6 Å². The Morgan fingerprint density at radius 2 is 1.07 bits per heavy atom. The van der Waals surface area contributed by atoms with Gasteiger partial charge in [0, 0.05) is 49.6 Å². The van der Waals surface area contributed by atoms with Gasteiger partial charge in [0.25, 0.3) is 0 Å². The summed E-state index contributed by atoms with van der Waals surface area (Å²) in [5, 5.41) is 4.59. The molecule has 256 valence electrons. The Morgan fingerprint density at radius 1 is 0.500 bits per heavy atom. The molecule has 10 rings (SSSR count). The number of allylic oxidation sites excluding steroid dienone is 1. The fourth-order valence-electron chi connectivity index (χ4n) is 8.27. The van der Waals surface area contributed by atoms with Crippen molar-refractivity contribution in [2.75, 3.05) is 0 Å². The molecule has 0 bridgehead atoms. The van der Waals surface area contributed by atoms with Crippen molar-refractivity contribution < 1.29 is 4.42 Å². The first kappa shape index (κ1) is 31.6. The van der Waals surface area contributed by atoms with E-state index in [1.54, 1.807) is 0 Å². The standard InChI is InChI=1S/C51H36N2O/c1-3-16-46-39(4-2)42-31-32-47-45(33-48(36-19-10-6-11-20-36)52(47)37-21-12-7-13-22-37)49(42)53(46)38-29-27-35(28-30-38)41-24-15-26-44-43-25-14-23-40(50(43)54-51(41)44)34-17-8-5-9-18-34/h3-33H,2H2,1H3/b16-3-. The summed E-state index contributed by atoms with van der Waals surface area (Å²) in [7, 11) is 0. The van der Waals surface area contributed by atoms with Gasteiger partial charge in [0.2, 0.25) is 0 Å². The molecule has 0 N–H and O–H groups in total. The van der Waals surface area contributed by atoms with E-state index in [2.05, 4.69) is 199 Å². The Kier molecular flexibility index (Phi) is 7.52. The average Bonchev–Trinajstić information content (AvgIpc) is 3.92. The van der Waals surface area contributed by atoms with Crippen LogP contribution in [-0.2, 0) is 0 Å². The van der Waals surface area contributed by atoms with Gasteiger partial charge in [0.05, 0.1) is 22.4 Å². The van der Waals surface area contributed by atoms with Crippen molar-refractivity contribution in [3.63, 3.8) is 0 Å². The highest BCUT2D eigenvalue weighted by molar-refractivity contribution is 6.14. The highest BCUT2D eigenvalue weighted by Crippen LogP contribution is 2.42. The monoisotopic (exact) mass is 692 g/mol. The zero-order chi connectivity index (χ0) is 36.2. The predicted molar refractivity (Wildman–Crippen MR) is 228 cm³/mol. The van der Waals surface area contributed by atoms with Crippen LogP contribution in [0.1, 0.15) is 18.2 Å². The van der Waals surface area contributed by atoms with Crippen LogP contribution in [0.15, 0.2) is 187 Å². The van der Waals surface area contributed by atoms with Crippen molar-refractivity contribution in [2.45, 2.75) is 6.92 Å². The summed E-state index contributed by atoms with van der Waals surface area (Å²) in [5.41, 5.74) is 15.3. The third-order valence-corrected chi connectivity index (χ3v) is 10.6. The van der Waals surface area contributed by atoms with E-state index in [4.69, 9.17) is 4.42 Å². The number of para-hydroxylation sites is 3. The summed E-state index contributed by atoms with van der Waals surface area (Å²) < 4.78 is 11.6. The molecule has 0 unspecified atom stereocenters. The largest absolute Gasteiger partial charge is 0.455 e. The van der Waals surface area contributed by atoms with Crippen molar-refractivity contribution >= 4 is 55.9 Å². The predicted octanol–water partition coefficient (Wildman–Crippen LogP) is 14.2. The minimum atomic E-state index is 0.899. The molecule has 0 aliphatic carbocycles. The Hall–Kier alpha value is -7.10. The third kappa shape index (κ3) is 4.90. The highest BCUT2D eigenvalue weighted by atomic mass is 16.3. The molecule has 10 aromatic rings. The fourth-order valence-corrected chi connectivity index (χ4v) is 8.27. The maximum Gasteiger partial charge on any atom is 0.143 e. The van der Waals surface area contributed by atoms with Gasteiger partial charge in [0.1, 0.15) is 11.2 Å². The molecular weight excluding hydrogens is 657 g/mol. The van der Waals surface area contributed by atoms with Crippen LogP contribution in [-0.4, -0.2) is 9.13 Å². The summed E-state index contributed by atoms with van der Waals surface area (Å²) in [6.45, 7) is 6.37. The molecule has 0 spiro atoms. The Morgan fingerprint density at radius 3 is 1.69 bits per heavy atom. The van der Waals surface area contributed by atoms with E-state index in [0.29, 0.717) is 0 Å². The Bertz CT molecular complexity index is 3030. The summed E-state index contributed by atoms with van der Waals surface area (Å²) in [4.78, 5) is 0. The fraction of sp³-hybridized carbons (Fsp3) is 0.0196. The Balaban J connectivity index is 1.18. The lowest BCUT2D eigenvalue weighted by atomic mass is 10.00. The van der Waals surface area contributed by atoms with Crippen LogP contribution in [0.4, 0.5) is 0 Å². The second kappa shape index (κ2) is 12.8. The van der Waals surface area contributed by atoms with Gasteiger partial charge >= 0.3 is 0 Å². The molecule has 0 amide bonds. The molecule has 3 nitrogen and oxygen atoms in total. The maximum atomic E-state index is 6.77. The van der Waals surface area contributed by atoms with Crippen molar-refractivity contribution in [1.29, 1.82) is 0 Å². The second-order valence-corrected chi connectivity index (χ2v) is 13.7. The molecule has 0 saturated carbocycles. The average molecular weight is 693 g/mol. The summed E-state index contributed by atoms with van der Waals surface area (Å²) in [6.07, 6.45) is 6.30. The van der Waals surface area contributed by atoms with Crippen molar-refractivity contribution in [1.82, 2.24) is 9.13 Å². The van der Waals surface area contributed by atoms with Crippen molar-refractivity contribution in [3.05, 3.63) is 194 Å². The van der Waals surface area contributed by atoms with Gasteiger partial charge in [0.15, 0.2) is 0 Å². The molecule has 0 saturated heterocycles. The van der Waals surface area contributed by atoms with Crippen LogP contribution in [0.5, 0.6) is 0 Å². The first-order valence-corrected chi connectivity index (χ1v) is 18.4. The lowest BCUT2D eigenvalue weighted by Gasteiger charge is -2.13. The Labute approximate surface area is 314 Å². The summed E-state index contributed by atoms with van der Waals surface area (Å²) in [5.74, 6) is 0. The van der Waals surface area contributed by atoms with E-state index in [0.717, 1.165) is 83.6 Å². The highest BCUT2D eigenvalue weighted by Gasteiger charge is 2.22. The second-order valence-electron chi connectivity index (χ2n) is 13.7. The number of hydrogen-bond donors (Lipinski definition) is 0. The maximum absolute atomic E-state index is 6.77. The van der Waals surface area contributed by atoms with Crippen molar-refractivity contribution in [2.24, 2.45) is 0 Å². The van der Waals surface area contributed by atoms with Gasteiger partial charge in [-0.25, -0.2) is 0 Å². The molecule has 0 radical (unpaired) electrons. The number of furan rings is 1. The summed E-state index contributed by atoms with van der Waals surface area (Å²) in [6, 6.07) is 60.4. The molecule has 0 fully saturated rings. The van der Waals surface area contributed by atoms with E-state index in [1.165, 1.54) is 16.3 Å². The van der Waals surface area contributed by atoms with Crippen LogP contribution in [0.2, 0.25) is 0 Å². The van der Waals surface area contributed by atoms with Gasteiger partial charge in [-0.3, -0.25) is 0 Å². The number of rotatable bonds is 7. The van der Waals surface area contributed by atoms with E-state index < -0.39 is 0 Å². The normalized spacial score (nSPS) is 11.8. The zero-order valence-corrected chi connectivity index (χ0v) is 29.9. The van der Waals surface area contributed by atoms with Crippen LogP contribution in [0, 0.1) is 0 Å². The van der Waals surface area contributed by atoms with Crippen LogP contribution < -0.4 is 0 Å². The molecule has 3 heterocycles. The number of benzene rings is 7. The van der Waals surface area contributed by atoms with E-state index in [1.807, 2.05) is 12.1 Å². The number of aromatic nitrogens is 2. The molecule has 54 heavy (non-hydrogen) atoms. The molecular formula is C51H36N2O. The molecule has 3 heteroatoms. The molecule has 7 aromatic carbocycles. The molecule has 0 aliphatic rings. The van der Waals surface area contributed by atoms with Crippen LogP contribution >= 0.6 is 0 Å². The van der Waals surface area contributed by atoms with E-state index in [-0.39, 0.29) is 0 Å². The molecule has 0 aliphatic heterocycles. The topological polar surface area (TPSA) is 23.0 Å². The van der Waals surface area contributed by atoms with Crippen LogP contribution in [0.25, 0.3) is 101 Å². The van der Waals surface area contributed by atoms with E-state index >= 15 is 0 Å². The van der Waals surface area contributed by atoms with Gasteiger partial charge in [-0.2, -0.15) is 0 Å². The van der Waals surface area contributed by atoms with Crippen LogP contribution in [0.3, 0.4) is 0 Å². The van der Waals surface area contributed by atoms with E-state index in [9.17, 15) is 0 Å².